The van der Waals surface area contributed by atoms with E-state index in [9.17, 15) is 21.6 Å². The maximum atomic E-state index is 11.9. The van der Waals surface area contributed by atoms with Gasteiger partial charge in [0.15, 0.2) is 0 Å². The van der Waals surface area contributed by atoms with E-state index in [0.717, 1.165) is 0 Å². The molecule has 0 amide bonds. The zero-order chi connectivity index (χ0) is 10.3. The number of hydrogen-bond acceptors (Lipinski definition) is 3. The Labute approximate surface area is 73.0 Å². The standard InChI is InChI=1S/C5H8F3NO3S/c6-5(7,8)13(11,12)9-2-1-4(10)3-9/h4,10H,1-3H2/t4-/m0/s1. The second-order valence-corrected chi connectivity index (χ2v) is 4.68. The van der Waals surface area contributed by atoms with Crippen LogP contribution >= 0.6 is 0 Å². The van der Waals surface area contributed by atoms with E-state index in [1.54, 1.807) is 0 Å². The summed E-state index contributed by atoms with van der Waals surface area (Å²) < 4.78 is 57.3. The van der Waals surface area contributed by atoms with Crippen LogP contribution in [0.3, 0.4) is 0 Å². The molecule has 1 heterocycles. The van der Waals surface area contributed by atoms with Gasteiger partial charge in [0.25, 0.3) is 0 Å². The largest absolute Gasteiger partial charge is 0.511 e. The molecular weight excluding hydrogens is 211 g/mol. The summed E-state index contributed by atoms with van der Waals surface area (Å²) in [5.74, 6) is 0. The number of sulfonamides is 1. The van der Waals surface area contributed by atoms with E-state index in [-0.39, 0.29) is 17.3 Å². The summed E-state index contributed by atoms with van der Waals surface area (Å²) in [4.78, 5) is 0. The molecule has 0 unspecified atom stereocenters. The fourth-order valence-electron chi connectivity index (χ4n) is 1.08. The normalized spacial score (nSPS) is 26.6. The lowest BCUT2D eigenvalue weighted by Gasteiger charge is -2.17. The minimum absolute atomic E-state index is 0.0509. The predicted molar refractivity (Wildman–Crippen MR) is 37.2 cm³/mol. The molecule has 8 heteroatoms. The summed E-state index contributed by atoms with van der Waals surface area (Å²) in [5.41, 5.74) is -5.27. The molecule has 0 aromatic rings. The van der Waals surface area contributed by atoms with Gasteiger partial charge in [0.2, 0.25) is 0 Å². The highest BCUT2D eigenvalue weighted by Gasteiger charge is 2.51. The highest BCUT2D eigenvalue weighted by Crippen LogP contribution is 2.29. The van der Waals surface area contributed by atoms with Gasteiger partial charge in [-0.2, -0.15) is 17.5 Å². The van der Waals surface area contributed by atoms with Crippen molar-refractivity contribution in [2.45, 2.75) is 18.0 Å². The molecule has 1 N–H and O–H groups in total. The summed E-state index contributed by atoms with van der Waals surface area (Å²) >= 11 is 0. The Morgan fingerprint density at radius 2 is 1.92 bits per heavy atom. The minimum Gasteiger partial charge on any atom is -0.392 e. The quantitative estimate of drug-likeness (QED) is 0.670. The van der Waals surface area contributed by atoms with Gasteiger partial charge >= 0.3 is 15.5 Å². The van der Waals surface area contributed by atoms with Crippen LogP contribution in [-0.4, -0.2) is 42.5 Å². The van der Waals surface area contributed by atoms with E-state index in [2.05, 4.69) is 0 Å². The summed E-state index contributed by atoms with van der Waals surface area (Å²) in [6, 6.07) is 0. The van der Waals surface area contributed by atoms with Gasteiger partial charge in [-0.15, -0.1) is 0 Å². The van der Waals surface area contributed by atoms with Crippen LogP contribution in [0, 0.1) is 0 Å². The number of aliphatic hydroxyl groups excluding tert-OH is 1. The van der Waals surface area contributed by atoms with E-state index < -0.39 is 28.2 Å². The van der Waals surface area contributed by atoms with Crippen molar-refractivity contribution in [2.75, 3.05) is 13.1 Å². The summed E-state index contributed by atoms with van der Waals surface area (Å²) in [5, 5.41) is 8.86. The average molecular weight is 219 g/mol. The van der Waals surface area contributed by atoms with Gasteiger partial charge in [-0.25, -0.2) is 8.42 Å². The summed E-state index contributed by atoms with van der Waals surface area (Å²) in [6.45, 7) is -0.745. The molecule has 1 fully saturated rings. The Morgan fingerprint density at radius 1 is 1.38 bits per heavy atom. The Balaban J connectivity index is 2.84. The minimum atomic E-state index is -5.27. The van der Waals surface area contributed by atoms with Crippen LogP contribution in [0.15, 0.2) is 0 Å². The fraction of sp³-hybridized carbons (Fsp3) is 1.00. The summed E-state index contributed by atoms with van der Waals surface area (Å²) in [7, 11) is -5.24. The number of aliphatic hydroxyl groups is 1. The first-order chi connectivity index (χ1) is 5.75. The molecule has 13 heavy (non-hydrogen) atoms. The molecule has 4 nitrogen and oxygen atoms in total. The molecule has 0 aromatic carbocycles. The van der Waals surface area contributed by atoms with Gasteiger partial charge in [0, 0.05) is 13.1 Å². The van der Waals surface area contributed by atoms with Crippen LogP contribution in [0.5, 0.6) is 0 Å². The Bertz CT molecular complexity index is 286. The monoisotopic (exact) mass is 219 g/mol. The summed E-state index contributed by atoms with van der Waals surface area (Å²) in [6.07, 6.45) is -0.938. The van der Waals surface area contributed by atoms with Crippen molar-refractivity contribution in [3.63, 3.8) is 0 Å². The molecule has 1 rings (SSSR count). The zero-order valence-corrected chi connectivity index (χ0v) is 7.27. The van der Waals surface area contributed by atoms with Crippen molar-refractivity contribution >= 4 is 10.0 Å². The third-order valence-electron chi connectivity index (χ3n) is 1.76. The van der Waals surface area contributed by atoms with Gasteiger partial charge in [-0.3, -0.25) is 0 Å². The number of β-amino-alcohol motifs (C(OH)–C–C–N with tert-alkyl or cyclic N) is 1. The van der Waals surface area contributed by atoms with Crippen molar-refractivity contribution < 1.29 is 26.7 Å². The third kappa shape index (κ3) is 1.94. The van der Waals surface area contributed by atoms with Gasteiger partial charge in [-0.05, 0) is 6.42 Å². The van der Waals surface area contributed by atoms with E-state index in [1.807, 2.05) is 0 Å². The number of alkyl halides is 3. The molecule has 1 aliphatic heterocycles. The SMILES string of the molecule is O=S(=O)(N1CC[C@H](O)C1)C(F)(F)F. The average Bonchev–Trinajstić information content (AvgIpc) is 2.33. The van der Waals surface area contributed by atoms with E-state index in [0.29, 0.717) is 0 Å². The number of rotatable bonds is 1. The molecule has 0 saturated carbocycles. The van der Waals surface area contributed by atoms with Gasteiger partial charge in [-0.1, -0.05) is 0 Å². The Hall–Kier alpha value is -0.340. The molecular formula is C5H8F3NO3S. The zero-order valence-electron chi connectivity index (χ0n) is 6.45. The lowest BCUT2D eigenvalue weighted by Crippen LogP contribution is -2.39. The van der Waals surface area contributed by atoms with Crippen molar-refractivity contribution in [2.24, 2.45) is 0 Å². The van der Waals surface area contributed by atoms with Crippen molar-refractivity contribution in [3.8, 4) is 0 Å². The van der Waals surface area contributed by atoms with E-state index in [4.69, 9.17) is 5.11 Å². The number of hydrogen-bond donors (Lipinski definition) is 1. The maximum absolute atomic E-state index is 11.9. The highest BCUT2D eigenvalue weighted by atomic mass is 32.2. The van der Waals surface area contributed by atoms with Crippen LogP contribution in [-0.2, 0) is 10.0 Å². The first-order valence-electron chi connectivity index (χ1n) is 3.49. The van der Waals surface area contributed by atoms with Crippen LogP contribution < -0.4 is 0 Å². The lowest BCUT2D eigenvalue weighted by molar-refractivity contribution is -0.0485. The van der Waals surface area contributed by atoms with Crippen LogP contribution in [0.2, 0.25) is 0 Å². The maximum Gasteiger partial charge on any atom is 0.511 e. The molecule has 0 aromatic heterocycles. The van der Waals surface area contributed by atoms with Crippen molar-refractivity contribution in [3.05, 3.63) is 0 Å². The van der Waals surface area contributed by atoms with Gasteiger partial charge in [0.05, 0.1) is 6.10 Å². The molecule has 1 aliphatic rings. The second kappa shape index (κ2) is 3.10. The molecule has 0 radical (unpaired) electrons. The van der Waals surface area contributed by atoms with E-state index in [1.165, 1.54) is 0 Å². The van der Waals surface area contributed by atoms with Crippen LogP contribution in [0.25, 0.3) is 0 Å². The number of nitrogens with zero attached hydrogens (tertiary/aromatic N) is 1. The molecule has 0 bridgehead atoms. The predicted octanol–water partition coefficient (Wildman–Crippen LogP) is -0.0974. The highest BCUT2D eigenvalue weighted by molar-refractivity contribution is 7.90. The Morgan fingerprint density at radius 3 is 2.23 bits per heavy atom. The molecule has 0 aliphatic carbocycles. The molecule has 1 saturated heterocycles. The molecule has 78 valence electrons. The molecule has 1 atom stereocenters. The lowest BCUT2D eigenvalue weighted by atomic mass is 10.3. The van der Waals surface area contributed by atoms with Gasteiger partial charge in [0.1, 0.15) is 0 Å². The Kier molecular flexibility index (Phi) is 2.56. The van der Waals surface area contributed by atoms with Crippen LogP contribution in [0.1, 0.15) is 6.42 Å². The topological polar surface area (TPSA) is 57.6 Å². The fourth-order valence-corrected chi connectivity index (χ4v) is 2.08. The number of halogens is 3. The van der Waals surface area contributed by atoms with E-state index >= 15 is 0 Å². The van der Waals surface area contributed by atoms with Crippen molar-refractivity contribution in [1.82, 2.24) is 4.31 Å². The first-order valence-corrected chi connectivity index (χ1v) is 4.93. The second-order valence-electron chi connectivity index (χ2n) is 2.75. The van der Waals surface area contributed by atoms with Crippen molar-refractivity contribution in [1.29, 1.82) is 0 Å². The third-order valence-corrected chi connectivity index (χ3v) is 3.35. The molecule has 0 spiro atoms. The smallest absolute Gasteiger partial charge is 0.392 e. The van der Waals surface area contributed by atoms with Gasteiger partial charge < -0.3 is 5.11 Å². The van der Waals surface area contributed by atoms with Crippen LogP contribution in [0.4, 0.5) is 13.2 Å². The first kappa shape index (κ1) is 10.7.